The third kappa shape index (κ3) is 8.41. The van der Waals surface area contributed by atoms with E-state index in [0.717, 1.165) is 45.8 Å². The lowest BCUT2D eigenvalue weighted by Gasteiger charge is -2.27. The molecule has 1 aliphatic rings. The van der Waals surface area contributed by atoms with Gasteiger partial charge in [0.25, 0.3) is 0 Å². The highest BCUT2D eigenvalue weighted by Crippen LogP contribution is 2.18. The molecule has 1 aromatic carbocycles. The number of carbonyl (C=O) groups excluding carboxylic acids is 1. The van der Waals surface area contributed by atoms with Gasteiger partial charge >= 0.3 is 0 Å². The van der Waals surface area contributed by atoms with Crippen LogP contribution in [0, 0.1) is 0 Å². The number of likely N-dealkylation sites (N-methyl/N-ethyl adjacent to an activating group) is 1. The van der Waals surface area contributed by atoms with E-state index in [1.807, 2.05) is 6.07 Å². The van der Waals surface area contributed by atoms with Crippen molar-refractivity contribution in [3.8, 4) is 0 Å². The maximum absolute atomic E-state index is 12.0. The van der Waals surface area contributed by atoms with E-state index in [9.17, 15) is 4.79 Å². The number of aliphatic imine (C=N–C) groups is 1. The van der Waals surface area contributed by atoms with Crippen LogP contribution < -0.4 is 10.6 Å². The number of benzene rings is 1. The highest BCUT2D eigenvalue weighted by atomic mass is 16.5. The third-order valence-electron chi connectivity index (χ3n) is 5.36. The predicted octanol–water partition coefficient (Wildman–Crippen LogP) is 1.52. The standard InChI is InChI=1S/C22H37N5O2/c1-18(20-9-6-5-7-10-20)19(2)25-22(24-17-21(28)26(3)4)23-11-8-12-27-13-15-29-16-14-27/h5-7,9-10,18-19H,8,11-17H2,1-4H3,(H2,23,24,25). The first kappa shape index (κ1) is 23.2. The quantitative estimate of drug-likeness (QED) is 0.372. The minimum absolute atomic E-state index is 0.0109. The number of guanidine groups is 1. The monoisotopic (exact) mass is 403 g/mol. The van der Waals surface area contributed by atoms with Crippen molar-refractivity contribution in [2.24, 2.45) is 4.99 Å². The van der Waals surface area contributed by atoms with E-state index in [1.165, 1.54) is 5.56 Å². The summed E-state index contributed by atoms with van der Waals surface area (Å²) in [6.07, 6.45) is 1.02. The highest BCUT2D eigenvalue weighted by Gasteiger charge is 2.16. The Balaban J connectivity index is 1.89. The zero-order chi connectivity index (χ0) is 21.1. The SMILES string of the molecule is CC(NC(=NCC(=O)N(C)C)NCCCN1CCOCC1)C(C)c1ccccc1. The maximum atomic E-state index is 12.0. The summed E-state index contributed by atoms with van der Waals surface area (Å²) >= 11 is 0. The van der Waals surface area contributed by atoms with E-state index < -0.39 is 0 Å². The molecule has 2 rings (SSSR count). The number of nitrogens with one attached hydrogen (secondary N) is 2. The number of ether oxygens (including phenoxy) is 1. The molecule has 0 aliphatic carbocycles. The summed E-state index contributed by atoms with van der Waals surface area (Å²) in [5.74, 6) is 1.00. The summed E-state index contributed by atoms with van der Waals surface area (Å²) in [5.41, 5.74) is 1.28. The van der Waals surface area contributed by atoms with Crippen molar-refractivity contribution in [1.82, 2.24) is 20.4 Å². The van der Waals surface area contributed by atoms with Gasteiger partial charge in [0.1, 0.15) is 6.54 Å². The lowest BCUT2D eigenvalue weighted by atomic mass is 9.94. The Hall–Kier alpha value is -2.12. The molecule has 2 unspecified atom stereocenters. The van der Waals surface area contributed by atoms with E-state index in [-0.39, 0.29) is 18.5 Å². The van der Waals surface area contributed by atoms with Crippen LogP contribution in [0.1, 0.15) is 31.7 Å². The van der Waals surface area contributed by atoms with Crippen molar-refractivity contribution in [1.29, 1.82) is 0 Å². The molecular weight excluding hydrogens is 366 g/mol. The molecule has 0 radical (unpaired) electrons. The van der Waals surface area contributed by atoms with Crippen molar-refractivity contribution >= 4 is 11.9 Å². The molecule has 29 heavy (non-hydrogen) atoms. The van der Waals surface area contributed by atoms with E-state index in [4.69, 9.17) is 4.74 Å². The second-order valence-corrected chi connectivity index (χ2v) is 7.82. The van der Waals surface area contributed by atoms with E-state index in [2.05, 4.69) is 58.6 Å². The molecular formula is C22H37N5O2. The molecule has 0 saturated carbocycles. The molecule has 2 N–H and O–H groups in total. The van der Waals surface area contributed by atoms with Crippen molar-refractivity contribution < 1.29 is 9.53 Å². The average molecular weight is 404 g/mol. The molecule has 0 spiro atoms. The van der Waals surface area contributed by atoms with Gasteiger partial charge in [-0.05, 0) is 25.5 Å². The Bertz CT molecular complexity index is 629. The van der Waals surface area contributed by atoms with Gasteiger partial charge in [-0.1, -0.05) is 37.3 Å². The Kier molecular flexibility index (Phi) is 9.94. The van der Waals surface area contributed by atoms with Crippen molar-refractivity contribution in [3.63, 3.8) is 0 Å². The number of hydrogen-bond acceptors (Lipinski definition) is 4. The summed E-state index contributed by atoms with van der Waals surface area (Å²) in [5, 5.41) is 6.88. The van der Waals surface area contributed by atoms with Crippen LogP contribution in [0.15, 0.2) is 35.3 Å². The molecule has 7 heteroatoms. The Morgan fingerprint density at radius 1 is 1.21 bits per heavy atom. The molecule has 1 heterocycles. The van der Waals surface area contributed by atoms with Gasteiger partial charge in [0.2, 0.25) is 5.91 Å². The average Bonchev–Trinajstić information content (AvgIpc) is 2.75. The van der Waals surface area contributed by atoms with Crippen LogP contribution in [0.5, 0.6) is 0 Å². The van der Waals surface area contributed by atoms with Gasteiger partial charge in [-0.25, -0.2) is 4.99 Å². The molecule has 1 amide bonds. The number of nitrogens with zero attached hydrogens (tertiary/aromatic N) is 3. The van der Waals surface area contributed by atoms with Crippen LogP contribution >= 0.6 is 0 Å². The van der Waals surface area contributed by atoms with Gasteiger partial charge in [-0.3, -0.25) is 9.69 Å². The summed E-state index contributed by atoms with van der Waals surface area (Å²) < 4.78 is 5.40. The van der Waals surface area contributed by atoms with Crippen LogP contribution in [-0.2, 0) is 9.53 Å². The molecule has 0 aromatic heterocycles. The molecule has 1 aromatic rings. The van der Waals surface area contributed by atoms with E-state index >= 15 is 0 Å². The van der Waals surface area contributed by atoms with Crippen LogP contribution in [0.4, 0.5) is 0 Å². The van der Waals surface area contributed by atoms with Crippen LogP contribution in [0.2, 0.25) is 0 Å². The number of hydrogen-bond donors (Lipinski definition) is 2. The molecule has 1 saturated heterocycles. The zero-order valence-corrected chi connectivity index (χ0v) is 18.4. The first-order chi connectivity index (χ1) is 14.0. The molecule has 162 valence electrons. The minimum atomic E-state index is -0.0109. The van der Waals surface area contributed by atoms with Crippen LogP contribution in [-0.4, -0.2) is 87.7 Å². The van der Waals surface area contributed by atoms with Crippen molar-refractivity contribution in [2.45, 2.75) is 32.2 Å². The molecule has 2 atom stereocenters. The Morgan fingerprint density at radius 3 is 2.55 bits per heavy atom. The minimum Gasteiger partial charge on any atom is -0.379 e. The van der Waals surface area contributed by atoms with Gasteiger partial charge in [0.05, 0.1) is 13.2 Å². The van der Waals surface area contributed by atoms with E-state index in [1.54, 1.807) is 19.0 Å². The Morgan fingerprint density at radius 2 is 1.90 bits per heavy atom. The summed E-state index contributed by atoms with van der Waals surface area (Å²) in [6, 6.07) is 10.6. The fourth-order valence-electron chi connectivity index (χ4n) is 3.16. The van der Waals surface area contributed by atoms with Gasteiger partial charge in [0, 0.05) is 45.7 Å². The smallest absolute Gasteiger partial charge is 0.243 e. The second-order valence-electron chi connectivity index (χ2n) is 7.82. The maximum Gasteiger partial charge on any atom is 0.243 e. The number of morpholine rings is 1. The van der Waals surface area contributed by atoms with Gasteiger partial charge < -0.3 is 20.3 Å². The fraction of sp³-hybridized carbons (Fsp3) is 0.636. The van der Waals surface area contributed by atoms with Gasteiger partial charge in [0.15, 0.2) is 5.96 Å². The summed E-state index contributed by atoms with van der Waals surface area (Å²) in [4.78, 5) is 20.5. The lowest BCUT2D eigenvalue weighted by molar-refractivity contribution is -0.127. The fourth-order valence-corrected chi connectivity index (χ4v) is 3.16. The van der Waals surface area contributed by atoms with Gasteiger partial charge in [-0.2, -0.15) is 0 Å². The number of carbonyl (C=O) groups is 1. The predicted molar refractivity (Wildman–Crippen MR) is 118 cm³/mol. The lowest BCUT2D eigenvalue weighted by Crippen LogP contribution is -2.45. The van der Waals surface area contributed by atoms with Crippen LogP contribution in [0.25, 0.3) is 0 Å². The first-order valence-corrected chi connectivity index (χ1v) is 10.6. The molecule has 7 nitrogen and oxygen atoms in total. The normalized spacial score (nSPS) is 17.4. The Labute approximate surface area is 175 Å². The molecule has 1 fully saturated rings. The zero-order valence-electron chi connectivity index (χ0n) is 18.4. The second kappa shape index (κ2) is 12.4. The first-order valence-electron chi connectivity index (χ1n) is 10.6. The topological polar surface area (TPSA) is 69.2 Å². The van der Waals surface area contributed by atoms with Crippen molar-refractivity contribution in [2.75, 3.05) is 60.0 Å². The summed E-state index contributed by atoms with van der Waals surface area (Å²) in [7, 11) is 3.50. The van der Waals surface area contributed by atoms with Crippen LogP contribution in [0.3, 0.4) is 0 Å². The van der Waals surface area contributed by atoms with Gasteiger partial charge in [-0.15, -0.1) is 0 Å². The largest absolute Gasteiger partial charge is 0.379 e. The molecule has 0 bridgehead atoms. The highest BCUT2D eigenvalue weighted by molar-refractivity contribution is 5.85. The van der Waals surface area contributed by atoms with E-state index in [0.29, 0.717) is 11.9 Å². The van der Waals surface area contributed by atoms with Crippen molar-refractivity contribution in [3.05, 3.63) is 35.9 Å². The molecule has 1 aliphatic heterocycles. The number of rotatable bonds is 9. The number of amides is 1. The third-order valence-corrected chi connectivity index (χ3v) is 5.36. The summed E-state index contributed by atoms with van der Waals surface area (Å²) in [6.45, 7) is 9.99.